The van der Waals surface area contributed by atoms with E-state index < -0.39 is 23.3 Å². The first-order valence-electron chi connectivity index (χ1n) is 16.5. The molecule has 0 atom stereocenters. The van der Waals surface area contributed by atoms with Gasteiger partial charge in [-0.15, -0.1) is 45.3 Å². The van der Waals surface area contributed by atoms with Gasteiger partial charge in [0.2, 0.25) is 11.8 Å². The Labute approximate surface area is 371 Å². The predicted molar refractivity (Wildman–Crippen MR) is 233 cm³/mol. The van der Waals surface area contributed by atoms with Crippen molar-refractivity contribution in [3.63, 3.8) is 0 Å². The Morgan fingerprint density at radius 1 is 0.561 bits per heavy atom. The van der Waals surface area contributed by atoms with Crippen LogP contribution >= 0.6 is 117 Å². The molecule has 8 heterocycles. The molecule has 10 rings (SSSR count). The van der Waals surface area contributed by atoms with Crippen molar-refractivity contribution >= 4 is 151 Å². The van der Waals surface area contributed by atoms with Crippen LogP contribution in [0.15, 0.2) is 66.9 Å². The summed E-state index contributed by atoms with van der Waals surface area (Å²) in [6.45, 7) is 2.00. The lowest BCUT2D eigenvalue weighted by molar-refractivity contribution is -0.131. The van der Waals surface area contributed by atoms with Crippen LogP contribution in [0, 0.1) is 23.3 Å². The largest absolute Gasteiger partial charge is 0.381 e. The Balaban J connectivity index is 0.000000133. The highest BCUT2D eigenvalue weighted by molar-refractivity contribution is 9.11. The van der Waals surface area contributed by atoms with E-state index in [9.17, 15) is 27.2 Å². The maximum atomic E-state index is 14.8. The van der Waals surface area contributed by atoms with Gasteiger partial charge in [-0.2, -0.15) is 17.5 Å². The van der Waals surface area contributed by atoms with Gasteiger partial charge in [0.05, 0.1) is 69.4 Å². The molecule has 0 aliphatic carbocycles. The second-order valence-corrected chi connectivity index (χ2v) is 20.3. The van der Waals surface area contributed by atoms with Crippen molar-refractivity contribution in [2.75, 3.05) is 13.2 Å². The van der Waals surface area contributed by atoms with Crippen LogP contribution in [0.25, 0.3) is 63.8 Å². The molecule has 2 saturated heterocycles. The first kappa shape index (κ1) is 42.3. The van der Waals surface area contributed by atoms with Crippen molar-refractivity contribution in [2.24, 2.45) is 0 Å². The summed E-state index contributed by atoms with van der Waals surface area (Å²) in [4.78, 5) is 23.4. The number of carbonyl (C=O) groups excluding carboxylic acids is 2. The number of rotatable bonds is 4. The monoisotopic (exact) mass is 1080 g/mol. The summed E-state index contributed by atoms with van der Waals surface area (Å²) in [7, 11) is 0. The van der Waals surface area contributed by atoms with Crippen LogP contribution in [-0.4, -0.2) is 46.4 Å². The van der Waals surface area contributed by atoms with Crippen LogP contribution in [0.5, 0.6) is 0 Å². The van der Waals surface area contributed by atoms with Gasteiger partial charge in [0.25, 0.3) is 0 Å². The van der Waals surface area contributed by atoms with Gasteiger partial charge in [-0.1, -0.05) is 12.1 Å². The smallest absolute Gasteiger partial charge is 0.239 e. The fourth-order valence-electron chi connectivity index (χ4n) is 5.59. The number of carbonyl (C=O) groups is 2. The molecule has 57 heavy (non-hydrogen) atoms. The number of nitrogens with zero attached hydrogens (tertiary/aromatic N) is 5. The zero-order valence-electron chi connectivity index (χ0n) is 28.6. The number of benzene rings is 2. The van der Waals surface area contributed by atoms with Crippen LogP contribution < -0.4 is 0 Å². The van der Waals surface area contributed by atoms with Crippen LogP contribution in [0.2, 0.25) is 0 Å². The molecule has 8 aromatic rings. The van der Waals surface area contributed by atoms with Crippen LogP contribution in [0.4, 0.5) is 17.6 Å². The molecule has 0 spiro atoms. The summed E-state index contributed by atoms with van der Waals surface area (Å²) in [6, 6.07) is 14.2. The lowest BCUT2D eigenvalue weighted by Crippen LogP contribution is -2.16. The highest BCUT2D eigenvalue weighted by Crippen LogP contribution is 2.45. The van der Waals surface area contributed by atoms with Gasteiger partial charge in [-0.25, -0.2) is 21.5 Å². The quantitative estimate of drug-likeness (QED) is 0.0983. The first-order chi connectivity index (χ1) is 27.5. The Kier molecular flexibility index (Phi) is 14.1. The van der Waals surface area contributed by atoms with Crippen molar-refractivity contribution < 1.29 is 31.9 Å². The van der Waals surface area contributed by atoms with Crippen LogP contribution in [0.3, 0.4) is 0 Å². The maximum absolute atomic E-state index is 14.8. The number of hydrogen-bond donors (Lipinski definition) is 0. The first-order valence-corrected chi connectivity index (χ1v) is 23.6. The molecule has 0 radical (unpaired) electrons. The number of fused-ring (bicyclic) bond motifs is 2. The molecule has 2 aromatic carbocycles. The molecule has 2 aliphatic heterocycles. The van der Waals surface area contributed by atoms with Crippen molar-refractivity contribution in [1.29, 1.82) is 0 Å². The highest BCUT2D eigenvalue weighted by atomic mass is 79.9. The number of ether oxygens (including phenoxy) is 1. The van der Waals surface area contributed by atoms with Crippen molar-refractivity contribution in [3.05, 3.63) is 90.1 Å². The fraction of sp³-hybridized carbons (Fsp3) is 0.167. The predicted octanol–water partition coefficient (Wildman–Crippen LogP) is 13.6. The van der Waals surface area contributed by atoms with E-state index in [1.165, 1.54) is 58.2 Å². The summed E-state index contributed by atoms with van der Waals surface area (Å²) in [5, 5.41) is 3.65. The zero-order chi connectivity index (χ0) is 40.2. The number of imide groups is 1. The summed E-state index contributed by atoms with van der Waals surface area (Å²) < 4.78 is 83.2. The molecule has 0 saturated carbocycles. The molecule has 2 amide bonds. The number of amides is 2. The molecule has 0 unspecified atom stereocenters. The number of aromatic nitrogens is 4. The van der Waals surface area contributed by atoms with Crippen LogP contribution in [0.1, 0.15) is 25.7 Å². The van der Waals surface area contributed by atoms with Gasteiger partial charge in [0.1, 0.15) is 22.1 Å². The fourth-order valence-corrected chi connectivity index (χ4v) is 11.4. The molecule has 0 bridgehead atoms. The lowest BCUT2D eigenvalue weighted by atomic mass is 10.0. The van der Waals surface area contributed by atoms with Gasteiger partial charge in [-0.05, 0) is 91.9 Å². The van der Waals surface area contributed by atoms with E-state index in [2.05, 4.69) is 65.5 Å². The molecular weight excluding hydrogens is 1060 g/mol. The third-order valence-electron chi connectivity index (χ3n) is 8.18. The molecule has 6 aromatic heterocycles. The molecule has 2 aliphatic rings. The molecular formula is C36H22Br3F4N5O3S6. The van der Waals surface area contributed by atoms with E-state index >= 15 is 0 Å². The average molecular weight is 1080 g/mol. The maximum Gasteiger partial charge on any atom is 0.239 e. The number of halogens is 7. The third kappa shape index (κ3) is 9.17. The van der Waals surface area contributed by atoms with E-state index in [1.54, 1.807) is 48.5 Å². The number of thiophene rings is 4. The van der Waals surface area contributed by atoms with E-state index in [4.69, 9.17) is 4.74 Å². The Morgan fingerprint density at radius 2 is 0.930 bits per heavy atom. The van der Waals surface area contributed by atoms with E-state index in [0.29, 0.717) is 54.4 Å². The van der Waals surface area contributed by atoms with Crippen LogP contribution in [-0.2, 0) is 14.3 Å². The Bertz CT molecular complexity index is 2500. The number of hydrogen-bond acceptors (Lipinski definition) is 13. The van der Waals surface area contributed by atoms with E-state index in [0.717, 1.165) is 48.2 Å². The van der Waals surface area contributed by atoms with Crippen molar-refractivity contribution in [2.45, 2.75) is 25.7 Å². The SMILES string of the molecule is C1CCOC1.Fc1c(F)c(-c2ccc(Br)s2)c2nsnc2c1-c1ccc(Br)s1.Fc1c(F)c(-c2cccs2)c2nsnc2c1-c1cccs1.O=C1CCC(=O)N1Br. The average Bonchev–Trinajstić information content (AvgIpc) is 4.05. The topological polar surface area (TPSA) is 98.2 Å². The molecule has 2 fully saturated rings. The second-order valence-electron chi connectivity index (χ2n) is 11.7. The minimum Gasteiger partial charge on any atom is -0.381 e. The van der Waals surface area contributed by atoms with Crippen molar-refractivity contribution in [1.82, 2.24) is 21.4 Å². The summed E-state index contributed by atoms with van der Waals surface area (Å²) in [5.74, 6) is -3.79. The van der Waals surface area contributed by atoms with Gasteiger partial charge in [-0.3, -0.25) is 9.59 Å². The third-order valence-corrected chi connectivity index (χ3v) is 15.1. The molecule has 8 nitrogen and oxygen atoms in total. The summed E-state index contributed by atoms with van der Waals surface area (Å²) in [6.07, 6.45) is 3.26. The van der Waals surface area contributed by atoms with Gasteiger partial charge in [0.15, 0.2) is 23.3 Å². The molecule has 0 N–H and O–H groups in total. The Hall–Kier alpha value is -2.86. The Morgan fingerprint density at radius 3 is 1.18 bits per heavy atom. The summed E-state index contributed by atoms with van der Waals surface area (Å²) in [5.41, 5.74) is 2.36. The molecule has 294 valence electrons. The van der Waals surface area contributed by atoms with Gasteiger partial charge < -0.3 is 4.74 Å². The molecule has 21 heteroatoms. The van der Waals surface area contributed by atoms with Crippen molar-refractivity contribution in [3.8, 4) is 41.8 Å². The zero-order valence-corrected chi connectivity index (χ0v) is 38.2. The summed E-state index contributed by atoms with van der Waals surface area (Å²) >= 11 is 16.8. The van der Waals surface area contributed by atoms with Gasteiger partial charge in [0, 0.05) is 45.6 Å². The lowest BCUT2D eigenvalue weighted by Gasteiger charge is -2.07. The minimum atomic E-state index is -0.890. The van der Waals surface area contributed by atoms with E-state index in [-0.39, 0.29) is 34.1 Å². The standard InChI is InChI=1S/C14H4Br2F2N2S3.C14H6F2N2S3.C4H4BrNO2.C4H8O/c15-7-3-1-5(21-7)9-11(17)12(18)10(6-2-4-8(16)22-6)14-13(9)19-23-20-14;15-11-9(7-3-1-5-19-7)13-14(18-21-17-13)10(12(11)16)8-4-2-6-20-8;5-6-3(7)1-2-4(6)8;1-2-4-5-3-1/h1-4H;1-6H;1-2H2;1-4H2. The minimum absolute atomic E-state index is 0.144. The highest BCUT2D eigenvalue weighted by Gasteiger charge is 2.28. The normalized spacial score (nSPS) is 13.8. The van der Waals surface area contributed by atoms with E-state index in [1.807, 2.05) is 10.8 Å². The van der Waals surface area contributed by atoms with Gasteiger partial charge >= 0.3 is 0 Å². The second kappa shape index (κ2) is 19.0.